The average molecular weight is 229 g/mol. The van der Waals surface area contributed by atoms with Crippen molar-refractivity contribution in [2.24, 2.45) is 0 Å². The Morgan fingerprint density at radius 1 is 1.35 bits per heavy atom. The van der Waals surface area contributed by atoms with Crippen molar-refractivity contribution in [2.45, 2.75) is 0 Å². The van der Waals surface area contributed by atoms with Crippen LogP contribution in [-0.4, -0.2) is 40.7 Å². The Bertz CT molecular complexity index is 579. The summed E-state index contributed by atoms with van der Waals surface area (Å²) in [5.41, 5.74) is 1.14. The van der Waals surface area contributed by atoms with Gasteiger partial charge in [0.05, 0.1) is 19.4 Å². The van der Waals surface area contributed by atoms with E-state index in [0.717, 1.165) is 18.9 Å². The largest absolute Gasteiger partial charge is 0.378 e. The van der Waals surface area contributed by atoms with Crippen LogP contribution in [0.5, 0.6) is 0 Å². The van der Waals surface area contributed by atoms with E-state index in [4.69, 9.17) is 10.00 Å². The molecule has 0 aromatic carbocycles. The summed E-state index contributed by atoms with van der Waals surface area (Å²) < 4.78 is 7.22. The van der Waals surface area contributed by atoms with E-state index >= 15 is 0 Å². The molecule has 0 aliphatic carbocycles. The molecule has 0 saturated carbocycles. The molecule has 6 heteroatoms. The number of nitrogens with zero attached hydrogens (tertiary/aromatic N) is 5. The number of anilines is 1. The van der Waals surface area contributed by atoms with Crippen molar-refractivity contribution in [3.8, 4) is 6.07 Å². The molecule has 3 heterocycles. The monoisotopic (exact) mass is 229 g/mol. The molecule has 1 fully saturated rings. The quantitative estimate of drug-likeness (QED) is 0.709. The molecule has 1 aliphatic heterocycles. The second-order valence-corrected chi connectivity index (χ2v) is 3.80. The summed E-state index contributed by atoms with van der Waals surface area (Å²) in [6.45, 7) is 2.93. The molecule has 17 heavy (non-hydrogen) atoms. The number of hydrogen-bond acceptors (Lipinski definition) is 5. The minimum Gasteiger partial charge on any atom is -0.378 e. The molecular formula is C11H11N5O. The first-order valence-corrected chi connectivity index (χ1v) is 5.45. The van der Waals surface area contributed by atoms with Crippen molar-refractivity contribution >= 4 is 11.5 Å². The fraction of sp³-hybridized carbons (Fsp3) is 0.364. The summed E-state index contributed by atoms with van der Waals surface area (Å²) in [6, 6.07) is 2.14. The first kappa shape index (κ1) is 10.1. The summed E-state index contributed by atoms with van der Waals surface area (Å²) in [5.74, 6) is 0.841. The van der Waals surface area contributed by atoms with Crippen LogP contribution in [-0.2, 0) is 4.74 Å². The predicted molar refractivity (Wildman–Crippen MR) is 60.7 cm³/mol. The first-order valence-electron chi connectivity index (χ1n) is 5.45. The summed E-state index contributed by atoms with van der Waals surface area (Å²) >= 11 is 0. The topological polar surface area (TPSA) is 66.5 Å². The maximum Gasteiger partial charge on any atom is 0.183 e. The van der Waals surface area contributed by atoms with Gasteiger partial charge in [0, 0.05) is 25.5 Å². The van der Waals surface area contributed by atoms with E-state index in [1.807, 2.05) is 10.6 Å². The molecule has 1 saturated heterocycles. The number of ether oxygens (including phenoxy) is 1. The van der Waals surface area contributed by atoms with Gasteiger partial charge in [-0.25, -0.2) is 4.98 Å². The molecule has 3 rings (SSSR count). The van der Waals surface area contributed by atoms with Crippen LogP contribution in [0.3, 0.4) is 0 Å². The highest BCUT2D eigenvalue weighted by molar-refractivity contribution is 5.60. The Hall–Kier alpha value is -2.13. The SMILES string of the molecule is N#Cc1nc2cnccn2c1N1CCOCC1. The average Bonchev–Trinajstić information content (AvgIpc) is 2.78. The predicted octanol–water partition coefficient (Wildman–Crippen LogP) is 0.438. The van der Waals surface area contributed by atoms with Crippen molar-refractivity contribution in [2.75, 3.05) is 31.2 Å². The zero-order valence-electron chi connectivity index (χ0n) is 9.20. The molecule has 0 atom stereocenters. The van der Waals surface area contributed by atoms with Crippen LogP contribution in [0.15, 0.2) is 18.6 Å². The van der Waals surface area contributed by atoms with Crippen LogP contribution in [0.25, 0.3) is 5.65 Å². The van der Waals surface area contributed by atoms with E-state index in [0.29, 0.717) is 24.6 Å². The van der Waals surface area contributed by atoms with Gasteiger partial charge < -0.3 is 9.64 Å². The van der Waals surface area contributed by atoms with Crippen LogP contribution in [0.4, 0.5) is 5.82 Å². The molecule has 0 radical (unpaired) electrons. The molecular weight excluding hydrogens is 218 g/mol. The fourth-order valence-corrected chi connectivity index (χ4v) is 2.05. The van der Waals surface area contributed by atoms with E-state index in [1.165, 1.54) is 0 Å². The van der Waals surface area contributed by atoms with Gasteiger partial charge in [-0.2, -0.15) is 5.26 Å². The van der Waals surface area contributed by atoms with Gasteiger partial charge >= 0.3 is 0 Å². The van der Waals surface area contributed by atoms with Gasteiger partial charge in [0.2, 0.25) is 0 Å². The van der Waals surface area contributed by atoms with E-state index < -0.39 is 0 Å². The van der Waals surface area contributed by atoms with Gasteiger partial charge in [0.25, 0.3) is 0 Å². The van der Waals surface area contributed by atoms with Crippen molar-refractivity contribution in [1.29, 1.82) is 5.26 Å². The van der Waals surface area contributed by atoms with Crippen LogP contribution >= 0.6 is 0 Å². The number of fused-ring (bicyclic) bond motifs is 1. The zero-order valence-corrected chi connectivity index (χ0v) is 9.20. The minimum absolute atomic E-state index is 0.444. The molecule has 0 unspecified atom stereocenters. The molecule has 6 nitrogen and oxygen atoms in total. The van der Waals surface area contributed by atoms with Crippen molar-refractivity contribution < 1.29 is 4.74 Å². The van der Waals surface area contributed by atoms with Crippen molar-refractivity contribution in [3.05, 3.63) is 24.3 Å². The van der Waals surface area contributed by atoms with Gasteiger partial charge in [-0.15, -0.1) is 0 Å². The maximum atomic E-state index is 9.15. The highest BCUT2D eigenvalue weighted by atomic mass is 16.5. The highest BCUT2D eigenvalue weighted by Gasteiger charge is 2.20. The molecule has 1 aliphatic rings. The Balaban J connectivity index is 2.15. The molecule has 0 amide bonds. The lowest BCUT2D eigenvalue weighted by Crippen LogP contribution is -2.37. The normalized spacial score (nSPS) is 16.1. The lowest BCUT2D eigenvalue weighted by Gasteiger charge is -2.28. The lowest BCUT2D eigenvalue weighted by molar-refractivity contribution is 0.122. The lowest BCUT2D eigenvalue weighted by atomic mass is 10.3. The fourth-order valence-electron chi connectivity index (χ4n) is 2.05. The Morgan fingerprint density at radius 2 is 2.18 bits per heavy atom. The van der Waals surface area contributed by atoms with Crippen LogP contribution in [0, 0.1) is 11.3 Å². The summed E-state index contributed by atoms with van der Waals surface area (Å²) in [4.78, 5) is 10.4. The molecule has 0 spiro atoms. The highest BCUT2D eigenvalue weighted by Crippen LogP contribution is 2.22. The van der Waals surface area contributed by atoms with E-state index in [1.54, 1.807) is 12.4 Å². The number of hydrogen-bond donors (Lipinski definition) is 0. The molecule has 2 aromatic heterocycles. The summed E-state index contributed by atoms with van der Waals surface area (Å²) in [6.07, 6.45) is 5.18. The van der Waals surface area contributed by atoms with Gasteiger partial charge in [-0.1, -0.05) is 0 Å². The van der Waals surface area contributed by atoms with Crippen LogP contribution in [0.2, 0.25) is 0 Å². The third kappa shape index (κ3) is 1.61. The van der Waals surface area contributed by atoms with Gasteiger partial charge in [0.15, 0.2) is 17.2 Å². The Labute approximate surface area is 98.1 Å². The number of aromatic nitrogens is 3. The third-order valence-electron chi connectivity index (χ3n) is 2.82. The number of morpholine rings is 1. The summed E-state index contributed by atoms with van der Waals surface area (Å²) in [7, 11) is 0. The van der Waals surface area contributed by atoms with E-state index in [2.05, 4.69) is 20.9 Å². The maximum absolute atomic E-state index is 9.15. The third-order valence-corrected chi connectivity index (χ3v) is 2.82. The van der Waals surface area contributed by atoms with Crippen molar-refractivity contribution in [1.82, 2.24) is 14.4 Å². The van der Waals surface area contributed by atoms with E-state index in [9.17, 15) is 0 Å². The number of rotatable bonds is 1. The van der Waals surface area contributed by atoms with Crippen LogP contribution in [0.1, 0.15) is 5.69 Å². The van der Waals surface area contributed by atoms with Gasteiger partial charge in [-0.05, 0) is 0 Å². The van der Waals surface area contributed by atoms with E-state index in [-0.39, 0.29) is 0 Å². The Kier molecular flexibility index (Phi) is 2.38. The second kappa shape index (κ2) is 4.03. The van der Waals surface area contributed by atoms with Crippen molar-refractivity contribution in [3.63, 3.8) is 0 Å². The number of nitriles is 1. The van der Waals surface area contributed by atoms with Crippen LogP contribution < -0.4 is 4.90 Å². The molecule has 0 N–H and O–H groups in total. The molecule has 0 bridgehead atoms. The standard InChI is InChI=1S/C11H11N5O/c12-7-9-11(15-3-5-17-6-4-15)16-2-1-13-8-10(16)14-9/h1-2,8H,3-6H2. The second-order valence-electron chi connectivity index (χ2n) is 3.80. The van der Waals surface area contributed by atoms with Gasteiger partial charge in [0.1, 0.15) is 6.07 Å². The zero-order chi connectivity index (χ0) is 11.7. The first-order chi connectivity index (χ1) is 8.40. The minimum atomic E-state index is 0.444. The smallest absolute Gasteiger partial charge is 0.183 e. The number of imidazole rings is 1. The summed E-state index contributed by atoms with van der Waals surface area (Å²) in [5, 5.41) is 9.15. The molecule has 2 aromatic rings. The van der Waals surface area contributed by atoms with Gasteiger partial charge in [-0.3, -0.25) is 9.38 Å². The molecule has 86 valence electrons. The Morgan fingerprint density at radius 3 is 2.94 bits per heavy atom.